The molecular formula is C16H18ClN3O3. The molecule has 1 N–H and O–H groups in total. The summed E-state index contributed by atoms with van der Waals surface area (Å²) in [5.41, 5.74) is -0.663. The molecule has 0 saturated carbocycles. The smallest absolute Gasteiger partial charge is 0.261 e. The second-order valence-corrected chi connectivity index (χ2v) is 6.51. The van der Waals surface area contributed by atoms with Gasteiger partial charge in [0.15, 0.2) is 0 Å². The minimum Gasteiger partial charge on any atom is -0.388 e. The summed E-state index contributed by atoms with van der Waals surface area (Å²) in [6.45, 7) is 2.69. The summed E-state index contributed by atoms with van der Waals surface area (Å²) in [6, 6.07) is 4.94. The van der Waals surface area contributed by atoms with Crippen LogP contribution in [0, 0.1) is 0 Å². The minimum absolute atomic E-state index is 0.00784. The molecule has 23 heavy (non-hydrogen) atoms. The minimum atomic E-state index is -1.00. The zero-order chi connectivity index (χ0) is 16.6. The number of fused-ring (bicyclic) bond motifs is 1. The average molecular weight is 336 g/mol. The predicted octanol–water partition coefficient (Wildman–Crippen LogP) is 1.42. The Kier molecular flexibility index (Phi) is 4.12. The van der Waals surface area contributed by atoms with Gasteiger partial charge in [0, 0.05) is 25.0 Å². The summed E-state index contributed by atoms with van der Waals surface area (Å²) in [7, 11) is 0. The van der Waals surface area contributed by atoms with Crippen molar-refractivity contribution in [2.24, 2.45) is 0 Å². The highest BCUT2D eigenvalue weighted by molar-refractivity contribution is 6.31. The molecule has 1 aromatic heterocycles. The van der Waals surface area contributed by atoms with Crippen LogP contribution in [0.5, 0.6) is 0 Å². The van der Waals surface area contributed by atoms with Gasteiger partial charge in [-0.1, -0.05) is 11.6 Å². The third kappa shape index (κ3) is 3.23. The average Bonchev–Trinajstić information content (AvgIpc) is 2.50. The SMILES string of the molecule is CC(=O)N1CCC(O)(Cn2cnc3cc(Cl)ccc3c2=O)CC1. The van der Waals surface area contributed by atoms with Gasteiger partial charge in [0.2, 0.25) is 5.91 Å². The molecule has 7 heteroatoms. The number of carbonyl (C=O) groups is 1. The first-order valence-electron chi connectivity index (χ1n) is 7.51. The topological polar surface area (TPSA) is 75.4 Å². The maximum Gasteiger partial charge on any atom is 0.261 e. The molecule has 0 unspecified atom stereocenters. The first kappa shape index (κ1) is 16.0. The molecule has 1 aliphatic heterocycles. The fraction of sp³-hybridized carbons (Fsp3) is 0.438. The zero-order valence-corrected chi connectivity index (χ0v) is 13.6. The van der Waals surface area contributed by atoms with E-state index in [1.54, 1.807) is 23.1 Å². The van der Waals surface area contributed by atoms with Crippen molar-refractivity contribution >= 4 is 28.4 Å². The Labute approximate surface area is 138 Å². The number of hydrogen-bond acceptors (Lipinski definition) is 4. The highest BCUT2D eigenvalue weighted by Crippen LogP contribution is 2.24. The third-order valence-corrected chi connectivity index (χ3v) is 4.63. The number of benzene rings is 1. The van der Waals surface area contributed by atoms with E-state index in [9.17, 15) is 14.7 Å². The van der Waals surface area contributed by atoms with Gasteiger partial charge in [0.05, 0.1) is 29.4 Å². The van der Waals surface area contributed by atoms with E-state index in [1.807, 2.05) is 0 Å². The lowest BCUT2D eigenvalue weighted by atomic mass is 9.91. The number of aromatic nitrogens is 2. The van der Waals surface area contributed by atoms with Crippen molar-refractivity contribution in [2.75, 3.05) is 13.1 Å². The van der Waals surface area contributed by atoms with Crippen LogP contribution in [0.15, 0.2) is 29.3 Å². The van der Waals surface area contributed by atoms with Crippen LogP contribution in [-0.4, -0.2) is 44.2 Å². The van der Waals surface area contributed by atoms with E-state index in [4.69, 9.17) is 11.6 Å². The lowest BCUT2D eigenvalue weighted by molar-refractivity contribution is -0.133. The molecule has 2 aromatic rings. The van der Waals surface area contributed by atoms with Crippen molar-refractivity contribution in [1.82, 2.24) is 14.5 Å². The predicted molar refractivity (Wildman–Crippen MR) is 87.5 cm³/mol. The van der Waals surface area contributed by atoms with E-state index in [-0.39, 0.29) is 18.0 Å². The molecule has 0 aliphatic carbocycles. The largest absolute Gasteiger partial charge is 0.388 e. The van der Waals surface area contributed by atoms with E-state index in [1.165, 1.54) is 17.8 Å². The number of carbonyl (C=O) groups excluding carboxylic acids is 1. The second-order valence-electron chi connectivity index (χ2n) is 6.07. The van der Waals surface area contributed by atoms with Crippen LogP contribution in [0.25, 0.3) is 10.9 Å². The Hall–Kier alpha value is -1.92. The Bertz CT molecular complexity index is 810. The normalized spacial score (nSPS) is 17.4. The Morgan fingerprint density at radius 3 is 2.74 bits per heavy atom. The van der Waals surface area contributed by atoms with Gasteiger partial charge in [-0.15, -0.1) is 0 Å². The Morgan fingerprint density at radius 2 is 2.09 bits per heavy atom. The molecule has 1 aromatic carbocycles. The van der Waals surface area contributed by atoms with Crippen LogP contribution in [0.1, 0.15) is 19.8 Å². The van der Waals surface area contributed by atoms with Gasteiger partial charge in [-0.3, -0.25) is 14.2 Å². The van der Waals surface area contributed by atoms with Crippen molar-refractivity contribution in [3.05, 3.63) is 39.9 Å². The van der Waals surface area contributed by atoms with Crippen LogP contribution in [0.3, 0.4) is 0 Å². The molecule has 0 atom stereocenters. The first-order valence-corrected chi connectivity index (χ1v) is 7.88. The molecule has 3 rings (SSSR count). The fourth-order valence-corrected chi connectivity index (χ4v) is 3.12. The van der Waals surface area contributed by atoms with E-state index >= 15 is 0 Å². The lowest BCUT2D eigenvalue weighted by Crippen LogP contribution is -2.49. The summed E-state index contributed by atoms with van der Waals surface area (Å²) in [4.78, 5) is 29.8. The number of halogens is 1. The second kappa shape index (κ2) is 5.94. The molecule has 0 spiro atoms. The number of nitrogens with zero attached hydrogens (tertiary/aromatic N) is 3. The molecule has 1 saturated heterocycles. The van der Waals surface area contributed by atoms with Gasteiger partial charge in [0.25, 0.3) is 5.56 Å². The number of hydrogen-bond donors (Lipinski definition) is 1. The zero-order valence-electron chi connectivity index (χ0n) is 12.8. The summed E-state index contributed by atoms with van der Waals surface area (Å²) >= 11 is 5.91. The molecule has 0 radical (unpaired) electrons. The lowest BCUT2D eigenvalue weighted by Gasteiger charge is -2.38. The number of amides is 1. The molecule has 0 bridgehead atoms. The maximum atomic E-state index is 12.5. The van der Waals surface area contributed by atoms with E-state index in [0.717, 1.165) is 0 Å². The third-order valence-electron chi connectivity index (χ3n) is 4.39. The monoisotopic (exact) mass is 335 g/mol. The fourth-order valence-electron chi connectivity index (χ4n) is 2.96. The number of likely N-dealkylation sites (tertiary alicyclic amines) is 1. The summed E-state index contributed by atoms with van der Waals surface area (Å²) in [6.07, 6.45) is 2.33. The van der Waals surface area contributed by atoms with Crippen molar-refractivity contribution in [1.29, 1.82) is 0 Å². The number of aliphatic hydroxyl groups is 1. The molecule has 122 valence electrons. The van der Waals surface area contributed by atoms with E-state index in [2.05, 4.69) is 4.98 Å². The maximum absolute atomic E-state index is 12.5. The highest BCUT2D eigenvalue weighted by atomic mass is 35.5. The van der Waals surface area contributed by atoms with Crippen molar-refractivity contribution < 1.29 is 9.90 Å². The van der Waals surface area contributed by atoms with Gasteiger partial charge >= 0.3 is 0 Å². The highest BCUT2D eigenvalue weighted by Gasteiger charge is 2.33. The summed E-state index contributed by atoms with van der Waals surface area (Å²) < 4.78 is 1.43. The van der Waals surface area contributed by atoms with Crippen LogP contribution in [0.2, 0.25) is 5.02 Å². The molecular weight excluding hydrogens is 318 g/mol. The first-order chi connectivity index (χ1) is 10.9. The van der Waals surface area contributed by atoms with Crippen LogP contribution < -0.4 is 5.56 Å². The van der Waals surface area contributed by atoms with Crippen molar-refractivity contribution in [2.45, 2.75) is 31.9 Å². The van der Waals surface area contributed by atoms with Crippen LogP contribution in [0.4, 0.5) is 0 Å². The van der Waals surface area contributed by atoms with Crippen LogP contribution >= 0.6 is 11.6 Å². The summed E-state index contributed by atoms with van der Waals surface area (Å²) in [5, 5.41) is 11.7. The Balaban J connectivity index is 1.84. The van der Waals surface area contributed by atoms with E-state index in [0.29, 0.717) is 41.9 Å². The number of piperidine rings is 1. The van der Waals surface area contributed by atoms with Gasteiger partial charge < -0.3 is 10.0 Å². The van der Waals surface area contributed by atoms with Crippen LogP contribution in [-0.2, 0) is 11.3 Å². The van der Waals surface area contributed by atoms with Gasteiger partial charge in [0.1, 0.15) is 0 Å². The van der Waals surface area contributed by atoms with Gasteiger partial charge in [-0.05, 0) is 31.0 Å². The molecule has 2 heterocycles. The molecule has 1 aliphatic rings. The van der Waals surface area contributed by atoms with Gasteiger partial charge in [-0.25, -0.2) is 4.98 Å². The molecule has 1 amide bonds. The summed E-state index contributed by atoms with van der Waals surface area (Å²) in [5.74, 6) is 0.00784. The quantitative estimate of drug-likeness (QED) is 0.900. The van der Waals surface area contributed by atoms with Crippen molar-refractivity contribution in [3.63, 3.8) is 0 Å². The molecule has 6 nitrogen and oxygen atoms in total. The number of rotatable bonds is 2. The van der Waals surface area contributed by atoms with E-state index < -0.39 is 5.60 Å². The standard InChI is InChI=1S/C16H18ClN3O3/c1-11(21)19-6-4-16(23,5-7-19)9-20-10-18-14-8-12(17)2-3-13(14)15(20)22/h2-3,8,10,23H,4-7,9H2,1H3. The van der Waals surface area contributed by atoms with Crippen molar-refractivity contribution in [3.8, 4) is 0 Å². The Morgan fingerprint density at radius 1 is 1.39 bits per heavy atom. The molecule has 1 fully saturated rings. The van der Waals surface area contributed by atoms with Gasteiger partial charge in [-0.2, -0.15) is 0 Å².